The molecule has 4 aliphatic carbocycles. The minimum atomic E-state index is -0.317. The average molecular weight is 468 g/mol. The van der Waals surface area contributed by atoms with Gasteiger partial charge in [0.1, 0.15) is 6.33 Å². The summed E-state index contributed by atoms with van der Waals surface area (Å²) in [6.07, 6.45) is 9.85. The lowest BCUT2D eigenvalue weighted by molar-refractivity contribution is -0.156. The zero-order chi connectivity index (χ0) is 19.5. The molecule has 2 aromatic heterocycles. The molecule has 1 N–H and O–H groups in total. The molecule has 9 heteroatoms. The maximum atomic E-state index is 13.4. The second kappa shape index (κ2) is 6.55. The van der Waals surface area contributed by atoms with Crippen molar-refractivity contribution in [2.75, 3.05) is 0 Å². The zero-order valence-electron chi connectivity index (χ0n) is 15.9. The third-order valence-corrected chi connectivity index (χ3v) is 7.82. The topological polar surface area (TPSA) is 77.6 Å². The third-order valence-electron chi connectivity index (χ3n) is 6.99. The van der Waals surface area contributed by atoms with Crippen molar-refractivity contribution in [2.24, 2.45) is 17.3 Å². The predicted octanol–water partition coefficient (Wildman–Crippen LogP) is 3.52. The van der Waals surface area contributed by atoms with Crippen molar-refractivity contribution in [2.45, 2.75) is 64.1 Å². The summed E-state index contributed by atoms with van der Waals surface area (Å²) >= 11 is 9.56. The molecule has 150 valence electrons. The number of halogens is 2. The predicted molar refractivity (Wildman–Crippen MR) is 108 cm³/mol. The van der Waals surface area contributed by atoms with Gasteiger partial charge >= 0.3 is 0 Å². The Balaban J connectivity index is 1.38. The van der Waals surface area contributed by atoms with Crippen LogP contribution in [0.4, 0.5) is 0 Å². The van der Waals surface area contributed by atoms with E-state index in [0.29, 0.717) is 18.4 Å². The molecule has 1 amide bonds. The van der Waals surface area contributed by atoms with Crippen molar-refractivity contribution in [3.05, 3.63) is 28.0 Å². The summed E-state index contributed by atoms with van der Waals surface area (Å²) in [7, 11) is 0. The molecule has 0 spiro atoms. The summed E-state index contributed by atoms with van der Waals surface area (Å²) in [6, 6.07) is 0. The minimum absolute atomic E-state index is 0.119. The van der Waals surface area contributed by atoms with Gasteiger partial charge in [-0.25, -0.2) is 9.67 Å². The second-order valence-corrected chi connectivity index (χ2v) is 10.1. The van der Waals surface area contributed by atoms with Crippen molar-refractivity contribution in [3.63, 3.8) is 0 Å². The normalized spacial score (nSPS) is 33.4. The Morgan fingerprint density at radius 1 is 1.32 bits per heavy atom. The Bertz CT molecular complexity index is 909. The highest BCUT2D eigenvalue weighted by atomic mass is 79.9. The van der Waals surface area contributed by atoms with E-state index < -0.39 is 0 Å². The number of rotatable bonds is 5. The molecule has 0 aliphatic heterocycles. The van der Waals surface area contributed by atoms with E-state index in [2.05, 4.69) is 36.4 Å². The fourth-order valence-electron chi connectivity index (χ4n) is 6.29. The lowest BCUT2D eigenvalue weighted by atomic mass is 9.46. The van der Waals surface area contributed by atoms with E-state index in [1.165, 1.54) is 6.42 Å². The first-order valence-corrected chi connectivity index (χ1v) is 11.2. The van der Waals surface area contributed by atoms with Gasteiger partial charge in [0.05, 0.1) is 27.7 Å². The van der Waals surface area contributed by atoms with E-state index in [4.69, 9.17) is 11.6 Å². The molecule has 4 bridgehead atoms. The van der Waals surface area contributed by atoms with E-state index in [9.17, 15) is 4.79 Å². The number of nitrogens with one attached hydrogen (secondary N) is 1. The molecular formula is C19H24BrClN6O. The fraction of sp³-hybridized carbons (Fsp3) is 0.684. The molecule has 6 rings (SSSR count). The highest BCUT2D eigenvalue weighted by molar-refractivity contribution is 9.10. The van der Waals surface area contributed by atoms with E-state index in [0.717, 1.165) is 48.8 Å². The van der Waals surface area contributed by atoms with Crippen molar-refractivity contribution in [1.82, 2.24) is 29.9 Å². The first kappa shape index (κ1) is 18.6. The molecule has 0 radical (unpaired) electrons. The number of carbonyl (C=O) groups excluding carboxylic acids is 1. The van der Waals surface area contributed by atoms with Gasteiger partial charge in [0, 0.05) is 12.7 Å². The number of nitrogens with zero attached hydrogens (tertiary/aromatic N) is 5. The van der Waals surface area contributed by atoms with E-state index in [1.54, 1.807) is 6.33 Å². The van der Waals surface area contributed by atoms with Gasteiger partial charge < -0.3 is 5.32 Å². The minimum Gasteiger partial charge on any atom is -0.350 e. The molecule has 7 nitrogen and oxygen atoms in total. The van der Waals surface area contributed by atoms with Gasteiger partial charge in [-0.05, 0) is 84.8 Å². The number of hydrogen-bond donors (Lipinski definition) is 1. The number of carbonyl (C=O) groups is 1. The summed E-state index contributed by atoms with van der Waals surface area (Å²) in [4.78, 5) is 17.5. The van der Waals surface area contributed by atoms with Crippen molar-refractivity contribution < 1.29 is 4.79 Å². The Morgan fingerprint density at radius 3 is 2.68 bits per heavy atom. The first-order chi connectivity index (χ1) is 13.4. The zero-order valence-corrected chi connectivity index (χ0v) is 18.2. The first-order valence-electron chi connectivity index (χ1n) is 9.99. The summed E-state index contributed by atoms with van der Waals surface area (Å²) < 4.78 is 4.77. The highest BCUT2D eigenvalue weighted by Crippen LogP contribution is 2.64. The highest BCUT2D eigenvalue weighted by Gasteiger charge is 2.61. The number of amides is 1. The molecular weight excluding hydrogens is 444 g/mol. The van der Waals surface area contributed by atoms with Crippen LogP contribution >= 0.6 is 27.5 Å². The van der Waals surface area contributed by atoms with Crippen LogP contribution in [-0.4, -0.2) is 30.5 Å². The van der Waals surface area contributed by atoms with E-state index in [-0.39, 0.29) is 22.1 Å². The smallest absolute Gasteiger partial charge is 0.242 e. The molecule has 4 aliphatic rings. The van der Waals surface area contributed by atoms with Crippen LogP contribution in [0.2, 0.25) is 5.28 Å². The van der Waals surface area contributed by atoms with Crippen molar-refractivity contribution in [3.8, 4) is 0 Å². The molecule has 4 saturated carbocycles. The lowest BCUT2D eigenvalue weighted by Gasteiger charge is -2.60. The van der Waals surface area contributed by atoms with E-state index in [1.807, 2.05) is 22.5 Å². The Hall–Kier alpha value is -1.41. The number of aryl methyl sites for hydroxylation is 1. The van der Waals surface area contributed by atoms with Gasteiger partial charge in [-0.15, -0.1) is 5.10 Å². The maximum Gasteiger partial charge on any atom is 0.242 e. The summed E-state index contributed by atoms with van der Waals surface area (Å²) in [6.45, 7) is 3.31. The fourth-order valence-corrected chi connectivity index (χ4v) is 6.87. The molecule has 2 unspecified atom stereocenters. The molecule has 2 aromatic rings. The van der Waals surface area contributed by atoms with Gasteiger partial charge in [-0.1, -0.05) is 0 Å². The van der Waals surface area contributed by atoms with E-state index >= 15 is 0 Å². The van der Waals surface area contributed by atoms with Gasteiger partial charge in [0.15, 0.2) is 0 Å². The largest absolute Gasteiger partial charge is 0.350 e. The van der Waals surface area contributed by atoms with Gasteiger partial charge in [-0.3, -0.25) is 9.48 Å². The summed E-state index contributed by atoms with van der Waals surface area (Å²) in [5, 5.41) is 12.4. The second-order valence-electron chi connectivity index (χ2n) is 8.89. The third kappa shape index (κ3) is 2.91. The SMILES string of the molecule is CCn1cc(Br)c(CNC(=O)C23CC4CC(C2)CC(n2cnc(Cl)n2)(C4)C3)n1. The Kier molecular flexibility index (Phi) is 4.36. The summed E-state index contributed by atoms with van der Waals surface area (Å²) in [5.41, 5.74) is 0.437. The molecule has 0 saturated heterocycles. The lowest BCUT2D eigenvalue weighted by Crippen LogP contribution is -2.61. The quantitative estimate of drug-likeness (QED) is 0.730. The monoisotopic (exact) mass is 466 g/mol. The van der Waals surface area contributed by atoms with Crippen LogP contribution in [0.1, 0.15) is 51.1 Å². The van der Waals surface area contributed by atoms with Crippen LogP contribution in [0.3, 0.4) is 0 Å². The molecule has 2 atom stereocenters. The van der Waals surface area contributed by atoms with Gasteiger partial charge in [-0.2, -0.15) is 5.10 Å². The van der Waals surface area contributed by atoms with Crippen LogP contribution in [0.25, 0.3) is 0 Å². The van der Waals surface area contributed by atoms with Crippen LogP contribution in [0.5, 0.6) is 0 Å². The van der Waals surface area contributed by atoms with Crippen LogP contribution in [0, 0.1) is 17.3 Å². The molecule has 0 aromatic carbocycles. The maximum absolute atomic E-state index is 13.4. The van der Waals surface area contributed by atoms with Crippen LogP contribution in [0.15, 0.2) is 17.0 Å². The number of hydrogen-bond acceptors (Lipinski definition) is 4. The van der Waals surface area contributed by atoms with Crippen molar-refractivity contribution >= 4 is 33.4 Å². The Labute approximate surface area is 177 Å². The van der Waals surface area contributed by atoms with Gasteiger partial charge in [0.2, 0.25) is 11.2 Å². The van der Waals surface area contributed by atoms with Crippen LogP contribution < -0.4 is 5.32 Å². The molecule has 4 fully saturated rings. The molecule has 28 heavy (non-hydrogen) atoms. The number of aromatic nitrogens is 5. The standard InChI is InChI=1S/C19H24BrClN6O/c1-2-26-9-14(20)15(24-26)8-22-16(28)18-4-12-3-13(5-18)7-19(6-12,10-18)27-11-23-17(21)25-27/h9,11-13H,2-8,10H2,1H3,(H,22,28). The van der Waals surface area contributed by atoms with Crippen LogP contribution in [-0.2, 0) is 23.4 Å². The molecule has 2 heterocycles. The van der Waals surface area contributed by atoms with Crippen molar-refractivity contribution in [1.29, 1.82) is 0 Å². The summed E-state index contributed by atoms with van der Waals surface area (Å²) in [5.74, 6) is 1.30. The van der Waals surface area contributed by atoms with Gasteiger partial charge in [0.25, 0.3) is 0 Å². The average Bonchev–Trinajstić information content (AvgIpc) is 3.24. The Morgan fingerprint density at radius 2 is 2.07 bits per heavy atom.